The summed E-state index contributed by atoms with van der Waals surface area (Å²) in [5.41, 5.74) is 5.16. The van der Waals surface area contributed by atoms with Crippen LogP contribution in [0.1, 0.15) is 38.3 Å². The highest BCUT2D eigenvalue weighted by atomic mass is 16.2. The Labute approximate surface area is 158 Å². The van der Waals surface area contributed by atoms with Crippen molar-refractivity contribution in [1.82, 2.24) is 0 Å². The molecule has 0 saturated heterocycles. The second-order valence-electron chi connectivity index (χ2n) is 6.69. The van der Waals surface area contributed by atoms with Crippen LogP contribution in [0.25, 0.3) is 0 Å². The molecule has 0 atom stereocenters. The number of amides is 2. The maximum absolute atomic E-state index is 12.6. The van der Waals surface area contributed by atoms with Gasteiger partial charge in [0.1, 0.15) is 0 Å². The number of nitrogens with one attached hydrogen (secondary N) is 2. The van der Waals surface area contributed by atoms with Gasteiger partial charge in [0, 0.05) is 22.5 Å². The van der Waals surface area contributed by atoms with Gasteiger partial charge in [-0.25, -0.2) is 0 Å². The van der Waals surface area contributed by atoms with E-state index in [0.29, 0.717) is 16.8 Å². The molecular weight excluding hydrogens is 336 g/mol. The number of benzene rings is 3. The van der Waals surface area contributed by atoms with E-state index >= 15 is 0 Å². The molecule has 1 aliphatic carbocycles. The molecule has 27 heavy (non-hydrogen) atoms. The first kappa shape index (κ1) is 17.0. The fourth-order valence-corrected chi connectivity index (χ4v) is 3.38. The van der Waals surface area contributed by atoms with E-state index in [1.807, 2.05) is 24.3 Å². The van der Waals surface area contributed by atoms with Gasteiger partial charge >= 0.3 is 0 Å². The van der Waals surface area contributed by atoms with Crippen molar-refractivity contribution in [3.63, 3.8) is 0 Å². The fourth-order valence-electron chi connectivity index (χ4n) is 3.38. The largest absolute Gasteiger partial charge is 0.322 e. The molecule has 3 aromatic rings. The zero-order valence-electron chi connectivity index (χ0n) is 14.9. The van der Waals surface area contributed by atoms with E-state index < -0.39 is 0 Å². The first-order valence-corrected chi connectivity index (χ1v) is 9.09. The van der Waals surface area contributed by atoms with Gasteiger partial charge in [0.05, 0.1) is 0 Å². The van der Waals surface area contributed by atoms with Gasteiger partial charge in [0.2, 0.25) is 0 Å². The summed E-state index contributed by atoms with van der Waals surface area (Å²) in [7, 11) is 0. The average molecular weight is 356 g/mol. The van der Waals surface area contributed by atoms with Gasteiger partial charge in [0.15, 0.2) is 0 Å². The van der Waals surface area contributed by atoms with Crippen LogP contribution in [0.4, 0.5) is 11.4 Å². The lowest BCUT2D eigenvalue weighted by molar-refractivity contribution is 0.101. The highest BCUT2D eigenvalue weighted by Gasteiger charge is 2.13. The topological polar surface area (TPSA) is 58.2 Å². The molecule has 1 aliphatic rings. The minimum atomic E-state index is -0.202. The zero-order chi connectivity index (χ0) is 18.6. The van der Waals surface area contributed by atoms with Crippen LogP contribution >= 0.6 is 0 Å². The molecule has 4 heteroatoms. The molecule has 134 valence electrons. The van der Waals surface area contributed by atoms with Gasteiger partial charge in [-0.05, 0) is 72.9 Å². The van der Waals surface area contributed by atoms with Gasteiger partial charge in [-0.1, -0.05) is 30.3 Å². The Bertz CT molecular complexity index is 996. The molecular formula is C23H20N2O2. The summed E-state index contributed by atoms with van der Waals surface area (Å²) in [5.74, 6) is -0.393. The smallest absolute Gasteiger partial charge is 0.255 e. The van der Waals surface area contributed by atoms with E-state index in [2.05, 4.69) is 22.8 Å². The summed E-state index contributed by atoms with van der Waals surface area (Å²) in [6.45, 7) is 0. The van der Waals surface area contributed by atoms with Crippen LogP contribution < -0.4 is 10.6 Å². The van der Waals surface area contributed by atoms with E-state index in [0.717, 1.165) is 18.5 Å². The Morgan fingerprint density at radius 3 is 2.11 bits per heavy atom. The number of hydrogen-bond acceptors (Lipinski definition) is 2. The fraction of sp³-hybridized carbons (Fsp3) is 0.130. The number of carbonyl (C=O) groups excluding carboxylic acids is 2. The highest BCUT2D eigenvalue weighted by molar-refractivity contribution is 6.07. The number of anilines is 2. The average Bonchev–Trinajstić information content (AvgIpc) is 3.16. The molecule has 4 rings (SSSR count). The van der Waals surface area contributed by atoms with E-state index in [1.165, 1.54) is 17.5 Å². The second-order valence-corrected chi connectivity index (χ2v) is 6.69. The number of aryl methyl sites for hydroxylation is 2. The molecule has 0 spiro atoms. The van der Waals surface area contributed by atoms with Crippen LogP contribution in [0.2, 0.25) is 0 Å². The third-order valence-electron chi connectivity index (χ3n) is 4.77. The number of fused-ring (bicyclic) bond motifs is 1. The summed E-state index contributed by atoms with van der Waals surface area (Å²) in [5, 5.41) is 5.78. The van der Waals surface area contributed by atoms with E-state index in [-0.39, 0.29) is 11.8 Å². The Balaban J connectivity index is 1.47. The Morgan fingerprint density at radius 2 is 1.30 bits per heavy atom. The van der Waals surface area contributed by atoms with Crippen molar-refractivity contribution in [2.45, 2.75) is 19.3 Å². The summed E-state index contributed by atoms with van der Waals surface area (Å²) in [4.78, 5) is 24.9. The van der Waals surface area contributed by atoms with Crippen molar-refractivity contribution in [3.8, 4) is 0 Å². The molecule has 0 bridgehead atoms. The Kier molecular flexibility index (Phi) is 4.71. The maximum Gasteiger partial charge on any atom is 0.255 e. The van der Waals surface area contributed by atoms with Crippen LogP contribution in [0.5, 0.6) is 0 Å². The SMILES string of the molecule is O=C(Nc1cccc(C(=O)Nc2ccc3c(c2)CCC3)c1)c1ccccc1. The second kappa shape index (κ2) is 7.46. The lowest BCUT2D eigenvalue weighted by Gasteiger charge is -2.10. The van der Waals surface area contributed by atoms with Gasteiger partial charge in [-0.3, -0.25) is 9.59 Å². The van der Waals surface area contributed by atoms with Crippen molar-refractivity contribution in [2.75, 3.05) is 10.6 Å². The highest BCUT2D eigenvalue weighted by Crippen LogP contribution is 2.25. The third kappa shape index (κ3) is 3.90. The predicted octanol–water partition coefficient (Wildman–Crippen LogP) is 4.68. The van der Waals surface area contributed by atoms with Crippen molar-refractivity contribution >= 4 is 23.2 Å². The standard InChI is InChI=1S/C23H20N2O2/c26-22(17-6-2-1-3-7-17)24-20-11-5-10-19(15-20)23(27)25-21-13-12-16-8-4-9-18(16)14-21/h1-3,5-7,10-15H,4,8-9H2,(H,24,26)(H,25,27). The minimum absolute atomic E-state index is 0.191. The van der Waals surface area contributed by atoms with Crippen molar-refractivity contribution in [3.05, 3.63) is 95.1 Å². The molecule has 0 unspecified atom stereocenters. The molecule has 0 aliphatic heterocycles. The van der Waals surface area contributed by atoms with Crippen LogP contribution in [-0.2, 0) is 12.8 Å². The van der Waals surface area contributed by atoms with E-state index in [9.17, 15) is 9.59 Å². The lowest BCUT2D eigenvalue weighted by Crippen LogP contribution is -2.14. The lowest BCUT2D eigenvalue weighted by atomic mass is 10.1. The van der Waals surface area contributed by atoms with Crippen molar-refractivity contribution in [1.29, 1.82) is 0 Å². The molecule has 4 nitrogen and oxygen atoms in total. The van der Waals surface area contributed by atoms with Crippen molar-refractivity contribution in [2.24, 2.45) is 0 Å². The van der Waals surface area contributed by atoms with Crippen LogP contribution in [-0.4, -0.2) is 11.8 Å². The van der Waals surface area contributed by atoms with Gasteiger partial charge in [-0.15, -0.1) is 0 Å². The summed E-state index contributed by atoms with van der Waals surface area (Å²) < 4.78 is 0. The normalized spacial score (nSPS) is 12.3. The summed E-state index contributed by atoms with van der Waals surface area (Å²) in [6, 6.07) is 22.0. The first-order chi connectivity index (χ1) is 13.2. The molecule has 3 aromatic carbocycles. The molecule has 2 N–H and O–H groups in total. The molecule has 0 fully saturated rings. The van der Waals surface area contributed by atoms with Gasteiger partial charge < -0.3 is 10.6 Å². The minimum Gasteiger partial charge on any atom is -0.322 e. The number of carbonyl (C=O) groups is 2. The van der Waals surface area contributed by atoms with Crippen LogP contribution in [0, 0.1) is 0 Å². The Morgan fingerprint density at radius 1 is 0.630 bits per heavy atom. The van der Waals surface area contributed by atoms with Crippen molar-refractivity contribution < 1.29 is 9.59 Å². The van der Waals surface area contributed by atoms with E-state index in [1.54, 1.807) is 36.4 Å². The third-order valence-corrected chi connectivity index (χ3v) is 4.77. The van der Waals surface area contributed by atoms with Crippen LogP contribution in [0.3, 0.4) is 0 Å². The zero-order valence-corrected chi connectivity index (χ0v) is 14.9. The first-order valence-electron chi connectivity index (χ1n) is 9.09. The number of hydrogen-bond donors (Lipinski definition) is 2. The molecule has 0 saturated carbocycles. The van der Waals surface area contributed by atoms with Crippen LogP contribution in [0.15, 0.2) is 72.8 Å². The summed E-state index contributed by atoms with van der Waals surface area (Å²) in [6.07, 6.45) is 3.36. The predicted molar refractivity (Wildman–Crippen MR) is 107 cm³/mol. The Hall–Kier alpha value is -3.40. The maximum atomic E-state index is 12.6. The molecule has 0 radical (unpaired) electrons. The van der Waals surface area contributed by atoms with Gasteiger partial charge in [-0.2, -0.15) is 0 Å². The molecule has 2 amide bonds. The van der Waals surface area contributed by atoms with Gasteiger partial charge in [0.25, 0.3) is 11.8 Å². The van der Waals surface area contributed by atoms with E-state index in [4.69, 9.17) is 0 Å². The quantitative estimate of drug-likeness (QED) is 0.713. The molecule has 0 heterocycles. The summed E-state index contributed by atoms with van der Waals surface area (Å²) >= 11 is 0. The monoisotopic (exact) mass is 356 g/mol. The molecule has 0 aromatic heterocycles. The number of rotatable bonds is 4.